The van der Waals surface area contributed by atoms with Crippen molar-refractivity contribution >= 4 is 17.4 Å². The van der Waals surface area contributed by atoms with Crippen molar-refractivity contribution in [1.82, 2.24) is 0 Å². The van der Waals surface area contributed by atoms with Crippen LogP contribution in [-0.4, -0.2) is 5.78 Å². The Hall–Kier alpha value is -0.300. The van der Waals surface area contributed by atoms with Crippen molar-refractivity contribution in [1.29, 1.82) is 0 Å². The summed E-state index contributed by atoms with van der Waals surface area (Å²) in [4.78, 5) is 10.6. The third-order valence-corrected chi connectivity index (χ3v) is 0.922. The summed E-state index contributed by atoms with van der Waals surface area (Å²) in [6.45, 7) is 3.67. The molecule has 0 heterocycles. The number of ketones is 1. The highest BCUT2D eigenvalue weighted by Gasteiger charge is 1.99. The normalized spacial score (nSPS) is 11.0. The first-order chi connectivity index (χ1) is 3.68. The van der Waals surface area contributed by atoms with E-state index in [2.05, 4.69) is 0 Å². The highest BCUT2D eigenvalue weighted by atomic mass is 35.5. The summed E-state index contributed by atoms with van der Waals surface area (Å²) in [7, 11) is 0. The smallest absolute Gasteiger partial charge is 0.159 e. The minimum absolute atomic E-state index is 0.0602. The molecule has 0 aromatic rings. The lowest BCUT2D eigenvalue weighted by Gasteiger charge is -1.93. The maximum atomic E-state index is 10.6. The van der Waals surface area contributed by atoms with Gasteiger partial charge in [-0.05, 0) is 6.08 Å². The van der Waals surface area contributed by atoms with Crippen molar-refractivity contribution in [3.63, 3.8) is 0 Å². The van der Waals surface area contributed by atoms with Crippen LogP contribution >= 0.6 is 11.6 Å². The Morgan fingerprint density at radius 3 is 2.25 bits per heavy atom. The molecule has 0 aliphatic heterocycles. The second kappa shape index (κ2) is 3.67. The van der Waals surface area contributed by atoms with Crippen molar-refractivity contribution in [2.45, 2.75) is 13.8 Å². The van der Waals surface area contributed by atoms with E-state index in [4.69, 9.17) is 11.6 Å². The zero-order chi connectivity index (χ0) is 6.57. The summed E-state index contributed by atoms with van der Waals surface area (Å²) < 4.78 is 0. The molecule has 0 saturated heterocycles. The summed E-state index contributed by atoms with van der Waals surface area (Å²) in [6.07, 6.45) is 1.37. The van der Waals surface area contributed by atoms with Gasteiger partial charge in [0.25, 0.3) is 0 Å². The van der Waals surface area contributed by atoms with Crippen LogP contribution in [0.3, 0.4) is 0 Å². The average molecular weight is 133 g/mol. The van der Waals surface area contributed by atoms with E-state index in [-0.39, 0.29) is 11.7 Å². The average Bonchev–Trinajstić information content (AvgIpc) is 1.67. The molecule has 0 unspecified atom stereocenters. The topological polar surface area (TPSA) is 17.1 Å². The van der Waals surface area contributed by atoms with Crippen LogP contribution in [0.25, 0.3) is 0 Å². The van der Waals surface area contributed by atoms with Crippen molar-refractivity contribution in [3.05, 3.63) is 11.6 Å². The van der Waals surface area contributed by atoms with E-state index >= 15 is 0 Å². The molecular weight excluding hydrogens is 124 g/mol. The highest BCUT2D eigenvalue weighted by Crippen LogP contribution is 1.95. The molecule has 8 heavy (non-hydrogen) atoms. The van der Waals surface area contributed by atoms with Crippen molar-refractivity contribution < 1.29 is 4.79 Å². The lowest BCUT2D eigenvalue weighted by Crippen LogP contribution is -2.01. The molecule has 0 N–H and O–H groups in total. The second-order valence-electron chi connectivity index (χ2n) is 1.85. The number of carbonyl (C=O) groups is 1. The predicted molar refractivity (Wildman–Crippen MR) is 34.8 cm³/mol. The summed E-state index contributed by atoms with van der Waals surface area (Å²) in [5.74, 6) is 0.130. The van der Waals surface area contributed by atoms with Gasteiger partial charge in [0.2, 0.25) is 0 Å². The monoisotopic (exact) mass is 132 g/mol. The van der Waals surface area contributed by atoms with Crippen molar-refractivity contribution in [3.8, 4) is 0 Å². The molecule has 0 aromatic carbocycles. The zero-order valence-electron chi connectivity index (χ0n) is 5.02. The third-order valence-electron chi connectivity index (χ3n) is 0.796. The van der Waals surface area contributed by atoms with Crippen LogP contribution in [0, 0.1) is 5.92 Å². The Balaban J connectivity index is 3.66. The van der Waals surface area contributed by atoms with Gasteiger partial charge in [0, 0.05) is 11.5 Å². The fourth-order valence-electron chi connectivity index (χ4n) is 0.255. The van der Waals surface area contributed by atoms with Gasteiger partial charge in [-0.3, -0.25) is 4.79 Å². The molecule has 0 radical (unpaired) electrons. The molecule has 0 rings (SSSR count). The lowest BCUT2D eigenvalue weighted by molar-refractivity contribution is -0.117. The number of allylic oxidation sites excluding steroid dienone is 1. The molecule has 0 amide bonds. The first-order valence-corrected chi connectivity index (χ1v) is 2.92. The van der Waals surface area contributed by atoms with Crippen LogP contribution in [0.15, 0.2) is 11.6 Å². The Bertz CT molecular complexity index is 105. The van der Waals surface area contributed by atoms with E-state index in [0.717, 1.165) is 0 Å². The third kappa shape index (κ3) is 2.80. The minimum Gasteiger partial charge on any atom is -0.295 e. The van der Waals surface area contributed by atoms with E-state index in [1.54, 1.807) is 0 Å². The molecule has 0 bridgehead atoms. The Labute approximate surface area is 54.3 Å². The van der Waals surface area contributed by atoms with Crippen molar-refractivity contribution in [2.75, 3.05) is 0 Å². The molecule has 0 spiro atoms. The van der Waals surface area contributed by atoms with E-state index in [1.807, 2.05) is 13.8 Å². The van der Waals surface area contributed by atoms with Crippen LogP contribution in [0.2, 0.25) is 0 Å². The number of hydrogen-bond donors (Lipinski definition) is 0. The van der Waals surface area contributed by atoms with Crippen LogP contribution in [0.4, 0.5) is 0 Å². The van der Waals surface area contributed by atoms with E-state index in [0.29, 0.717) is 0 Å². The van der Waals surface area contributed by atoms with Crippen LogP contribution in [0.1, 0.15) is 13.8 Å². The highest BCUT2D eigenvalue weighted by molar-refractivity contribution is 6.26. The molecule has 0 aromatic heterocycles. The van der Waals surface area contributed by atoms with Gasteiger partial charge < -0.3 is 0 Å². The maximum absolute atomic E-state index is 10.6. The molecule has 1 nitrogen and oxygen atoms in total. The molecule has 46 valence electrons. The summed E-state index contributed by atoms with van der Waals surface area (Å²) >= 11 is 5.14. The lowest BCUT2D eigenvalue weighted by atomic mass is 10.1. The molecule has 0 saturated carbocycles. The molecule has 2 heteroatoms. The SMILES string of the molecule is CC(C)C(=O)/C=C\Cl. The van der Waals surface area contributed by atoms with Crippen LogP contribution in [0.5, 0.6) is 0 Å². The van der Waals surface area contributed by atoms with Gasteiger partial charge in [-0.1, -0.05) is 25.4 Å². The number of halogens is 1. The van der Waals surface area contributed by atoms with Gasteiger partial charge in [-0.15, -0.1) is 0 Å². The van der Waals surface area contributed by atoms with Gasteiger partial charge in [-0.25, -0.2) is 0 Å². The quantitative estimate of drug-likeness (QED) is 0.525. The van der Waals surface area contributed by atoms with Crippen LogP contribution in [-0.2, 0) is 4.79 Å². The first-order valence-electron chi connectivity index (χ1n) is 2.49. The second-order valence-corrected chi connectivity index (χ2v) is 2.10. The number of rotatable bonds is 2. The standard InChI is InChI=1S/C6H9ClO/c1-5(2)6(8)3-4-7/h3-5H,1-2H3/b4-3-. The number of carbonyl (C=O) groups excluding carboxylic acids is 1. The first kappa shape index (κ1) is 7.70. The number of hydrogen-bond acceptors (Lipinski definition) is 1. The Kier molecular flexibility index (Phi) is 3.53. The van der Waals surface area contributed by atoms with Crippen molar-refractivity contribution in [2.24, 2.45) is 5.92 Å². The molecule has 0 fully saturated rings. The van der Waals surface area contributed by atoms with Gasteiger partial charge in [0.15, 0.2) is 5.78 Å². The largest absolute Gasteiger partial charge is 0.295 e. The Morgan fingerprint density at radius 2 is 2.12 bits per heavy atom. The van der Waals surface area contributed by atoms with Crippen LogP contribution < -0.4 is 0 Å². The molecule has 0 aliphatic rings. The summed E-state index contributed by atoms with van der Waals surface area (Å²) in [5, 5.41) is 0. The molecular formula is C6H9ClO. The minimum atomic E-state index is 0.0602. The van der Waals surface area contributed by atoms with E-state index < -0.39 is 0 Å². The fourth-order valence-corrected chi connectivity index (χ4v) is 0.379. The van der Waals surface area contributed by atoms with E-state index in [1.165, 1.54) is 11.6 Å². The van der Waals surface area contributed by atoms with Gasteiger partial charge in [0.1, 0.15) is 0 Å². The van der Waals surface area contributed by atoms with Gasteiger partial charge >= 0.3 is 0 Å². The predicted octanol–water partition coefficient (Wildman–Crippen LogP) is 1.96. The maximum Gasteiger partial charge on any atom is 0.159 e. The zero-order valence-corrected chi connectivity index (χ0v) is 5.77. The van der Waals surface area contributed by atoms with Gasteiger partial charge in [-0.2, -0.15) is 0 Å². The summed E-state index contributed by atoms with van der Waals surface area (Å²) in [5.41, 5.74) is 1.24. The fraction of sp³-hybridized carbons (Fsp3) is 0.500. The summed E-state index contributed by atoms with van der Waals surface area (Å²) in [6, 6.07) is 0. The molecule has 0 atom stereocenters. The Morgan fingerprint density at radius 1 is 1.62 bits per heavy atom. The van der Waals surface area contributed by atoms with E-state index in [9.17, 15) is 4.79 Å². The molecule has 0 aliphatic carbocycles. The van der Waals surface area contributed by atoms with Gasteiger partial charge in [0.05, 0.1) is 0 Å².